The number of carbonyl (C=O) groups is 1. The highest BCUT2D eigenvalue weighted by atomic mass is 19.1. The Morgan fingerprint density at radius 3 is 2.86 bits per heavy atom. The van der Waals surface area contributed by atoms with Crippen molar-refractivity contribution in [2.24, 2.45) is 0 Å². The first-order valence-electron chi connectivity index (χ1n) is 6.72. The molecule has 1 saturated heterocycles. The van der Waals surface area contributed by atoms with Crippen LogP contribution in [0.3, 0.4) is 0 Å². The van der Waals surface area contributed by atoms with E-state index in [0.29, 0.717) is 25.4 Å². The minimum Gasteiger partial charge on any atom is -0.377 e. The number of rotatable bonds is 2. The zero-order valence-corrected chi connectivity index (χ0v) is 11.6. The van der Waals surface area contributed by atoms with Crippen molar-refractivity contribution in [3.63, 3.8) is 0 Å². The van der Waals surface area contributed by atoms with Gasteiger partial charge >= 0.3 is 0 Å². The van der Waals surface area contributed by atoms with Crippen LogP contribution < -0.4 is 0 Å². The molecule has 1 fully saturated rings. The Morgan fingerprint density at radius 2 is 2.14 bits per heavy atom. The largest absolute Gasteiger partial charge is 0.377 e. The van der Waals surface area contributed by atoms with Crippen LogP contribution in [0.4, 0.5) is 4.39 Å². The summed E-state index contributed by atoms with van der Waals surface area (Å²) in [6.07, 6.45) is 1.55. The van der Waals surface area contributed by atoms with Crippen LogP contribution in [0.1, 0.15) is 17.4 Å². The Morgan fingerprint density at radius 1 is 1.38 bits per heavy atom. The molecule has 0 spiro atoms. The summed E-state index contributed by atoms with van der Waals surface area (Å²) in [4.78, 5) is 14.1. The Bertz CT molecular complexity index is 641. The smallest absolute Gasteiger partial charge is 0.276 e. The number of aromatic nitrogens is 3. The summed E-state index contributed by atoms with van der Waals surface area (Å²) in [5, 5.41) is 7.83. The van der Waals surface area contributed by atoms with E-state index >= 15 is 0 Å². The van der Waals surface area contributed by atoms with Crippen molar-refractivity contribution in [1.29, 1.82) is 0 Å². The molecule has 1 amide bonds. The number of carbonyl (C=O) groups excluding carboxylic acids is 1. The highest BCUT2D eigenvalue weighted by Gasteiger charge is 2.26. The first kappa shape index (κ1) is 13.7. The molecule has 0 N–H and O–H groups in total. The van der Waals surface area contributed by atoms with E-state index in [9.17, 15) is 9.18 Å². The van der Waals surface area contributed by atoms with Gasteiger partial charge in [-0.05, 0) is 31.2 Å². The molecule has 1 aromatic heterocycles. The summed E-state index contributed by atoms with van der Waals surface area (Å²) < 4.78 is 19.7. The predicted molar refractivity (Wildman–Crippen MR) is 72.6 cm³/mol. The first-order chi connectivity index (χ1) is 10.1. The summed E-state index contributed by atoms with van der Waals surface area (Å²) in [5.74, 6) is -0.489. The summed E-state index contributed by atoms with van der Waals surface area (Å²) in [5.41, 5.74) is 0.922. The molecule has 0 saturated carbocycles. The fourth-order valence-electron chi connectivity index (χ4n) is 2.26. The predicted octanol–water partition coefficient (Wildman–Crippen LogP) is 1.27. The molecule has 1 atom stereocenters. The van der Waals surface area contributed by atoms with Crippen LogP contribution in [0.15, 0.2) is 30.5 Å². The van der Waals surface area contributed by atoms with Crippen molar-refractivity contribution in [2.75, 3.05) is 19.8 Å². The second-order valence-electron chi connectivity index (χ2n) is 4.95. The molecule has 0 radical (unpaired) electrons. The van der Waals surface area contributed by atoms with Gasteiger partial charge in [0.2, 0.25) is 0 Å². The molecule has 0 aliphatic carbocycles. The van der Waals surface area contributed by atoms with Crippen molar-refractivity contribution in [1.82, 2.24) is 19.9 Å². The second kappa shape index (κ2) is 5.61. The number of benzene rings is 1. The summed E-state index contributed by atoms with van der Waals surface area (Å²) in [7, 11) is 0. The van der Waals surface area contributed by atoms with Crippen molar-refractivity contribution < 1.29 is 13.9 Å². The number of hydrogen-bond donors (Lipinski definition) is 0. The maximum atomic E-state index is 12.9. The van der Waals surface area contributed by atoms with E-state index in [4.69, 9.17) is 4.74 Å². The third kappa shape index (κ3) is 2.78. The Labute approximate surface area is 121 Å². The molecule has 1 aliphatic rings. The van der Waals surface area contributed by atoms with Gasteiger partial charge in [-0.2, -0.15) is 0 Å². The molecule has 1 aliphatic heterocycles. The van der Waals surface area contributed by atoms with Gasteiger partial charge in [-0.15, -0.1) is 5.10 Å². The van der Waals surface area contributed by atoms with Crippen LogP contribution in [0.5, 0.6) is 0 Å². The molecule has 0 bridgehead atoms. The zero-order chi connectivity index (χ0) is 14.8. The molecule has 2 aromatic rings. The quantitative estimate of drug-likeness (QED) is 0.835. The van der Waals surface area contributed by atoms with E-state index in [1.54, 1.807) is 23.2 Å². The van der Waals surface area contributed by atoms with Crippen LogP contribution in [0, 0.1) is 5.82 Å². The molecule has 2 heterocycles. The van der Waals surface area contributed by atoms with Gasteiger partial charge in [-0.3, -0.25) is 4.79 Å². The number of halogens is 1. The monoisotopic (exact) mass is 290 g/mol. The summed E-state index contributed by atoms with van der Waals surface area (Å²) in [6.45, 7) is 3.53. The Hall–Kier alpha value is -2.28. The van der Waals surface area contributed by atoms with Gasteiger partial charge in [0.05, 0.1) is 31.1 Å². The van der Waals surface area contributed by atoms with Crippen LogP contribution in [0.25, 0.3) is 5.69 Å². The SMILES string of the molecule is C[C@H]1COCCN1C(=O)c1cn(-c2ccc(F)cc2)nn1. The number of nitrogens with zero attached hydrogens (tertiary/aromatic N) is 4. The van der Waals surface area contributed by atoms with E-state index < -0.39 is 0 Å². The van der Waals surface area contributed by atoms with E-state index in [2.05, 4.69) is 10.3 Å². The third-order valence-electron chi connectivity index (χ3n) is 3.43. The number of morpholine rings is 1. The molecule has 7 heteroatoms. The fourth-order valence-corrected chi connectivity index (χ4v) is 2.26. The molecule has 0 unspecified atom stereocenters. The minimum atomic E-state index is -0.322. The molecular formula is C14H15FN4O2. The molecule has 1 aromatic carbocycles. The Balaban J connectivity index is 1.81. The summed E-state index contributed by atoms with van der Waals surface area (Å²) >= 11 is 0. The average Bonchev–Trinajstić information content (AvgIpc) is 2.98. The van der Waals surface area contributed by atoms with Crippen LogP contribution in [-0.2, 0) is 4.74 Å². The lowest BCUT2D eigenvalue weighted by Crippen LogP contribution is -2.47. The Kier molecular flexibility index (Phi) is 3.66. The van der Waals surface area contributed by atoms with E-state index in [0.717, 1.165) is 0 Å². The van der Waals surface area contributed by atoms with Crippen molar-refractivity contribution in [3.8, 4) is 5.69 Å². The first-order valence-corrected chi connectivity index (χ1v) is 6.72. The normalized spacial score (nSPS) is 18.8. The van der Waals surface area contributed by atoms with Gasteiger partial charge in [0, 0.05) is 6.54 Å². The molecule has 3 rings (SSSR count). The molecule has 6 nitrogen and oxygen atoms in total. The lowest BCUT2D eigenvalue weighted by molar-refractivity contribution is 0.00326. The van der Waals surface area contributed by atoms with E-state index in [-0.39, 0.29) is 23.5 Å². The number of amides is 1. The zero-order valence-electron chi connectivity index (χ0n) is 11.6. The van der Waals surface area contributed by atoms with Crippen LogP contribution in [0.2, 0.25) is 0 Å². The maximum absolute atomic E-state index is 12.9. The van der Waals surface area contributed by atoms with Crippen molar-refractivity contribution in [3.05, 3.63) is 42.0 Å². The van der Waals surface area contributed by atoms with Gasteiger partial charge < -0.3 is 9.64 Å². The van der Waals surface area contributed by atoms with Crippen LogP contribution >= 0.6 is 0 Å². The lowest BCUT2D eigenvalue weighted by Gasteiger charge is -2.32. The van der Waals surface area contributed by atoms with Gasteiger partial charge in [0.15, 0.2) is 5.69 Å². The molecule has 110 valence electrons. The van der Waals surface area contributed by atoms with E-state index in [1.165, 1.54) is 16.8 Å². The lowest BCUT2D eigenvalue weighted by atomic mass is 10.2. The summed E-state index contributed by atoms with van der Waals surface area (Å²) in [6, 6.07) is 5.85. The molecular weight excluding hydrogens is 275 g/mol. The number of hydrogen-bond acceptors (Lipinski definition) is 4. The standard InChI is InChI=1S/C14H15FN4O2/c1-10-9-21-7-6-18(10)14(20)13-8-19(17-16-13)12-4-2-11(15)3-5-12/h2-5,8,10H,6-7,9H2,1H3/t10-/m0/s1. The number of ether oxygens (including phenoxy) is 1. The maximum Gasteiger partial charge on any atom is 0.276 e. The van der Waals surface area contributed by atoms with E-state index in [1.807, 2.05) is 6.92 Å². The average molecular weight is 290 g/mol. The minimum absolute atomic E-state index is 0.0159. The van der Waals surface area contributed by atoms with Gasteiger partial charge in [-0.25, -0.2) is 9.07 Å². The van der Waals surface area contributed by atoms with Crippen molar-refractivity contribution in [2.45, 2.75) is 13.0 Å². The second-order valence-corrected chi connectivity index (χ2v) is 4.95. The topological polar surface area (TPSA) is 60.2 Å². The van der Waals surface area contributed by atoms with Gasteiger partial charge in [-0.1, -0.05) is 5.21 Å². The van der Waals surface area contributed by atoms with Crippen molar-refractivity contribution >= 4 is 5.91 Å². The van der Waals surface area contributed by atoms with Gasteiger partial charge in [0.25, 0.3) is 5.91 Å². The fraction of sp³-hybridized carbons (Fsp3) is 0.357. The highest BCUT2D eigenvalue weighted by Crippen LogP contribution is 2.12. The molecule has 21 heavy (non-hydrogen) atoms. The van der Waals surface area contributed by atoms with Gasteiger partial charge in [0.1, 0.15) is 5.82 Å². The third-order valence-corrected chi connectivity index (χ3v) is 3.43. The highest BCUT2D eigenvalue weighted by molar-refractivity contribution is 5.92. The van der Waals surface area contributed by atoms with Crippen LogP contribution in [-0.4, -0.2) is 51.6 Å².